The van der Waals surface area contributed by atoms with Crippen molar-refractivity contribution in [3.63, 3.8) is 0 Å². The summed E-state index contributed by atoms with van der Waals surface area (Å²) in [5.41, 5.74) is 1.09. The Morgan fingerprint density at radius 3 is 2.76 bits per heavy atom. The molecule has 2 aromatic rings. The van der Waals surface area contributed by atoms with Crippen LogP contribution in [0.15, 0.2) is 54.8 Å². The summed E-state index contributed by atoms with van der Waals surface area (Å²) >= 11 is 6.16. The number of amides is 1. The average Bonchev–Trinajstić information content (AvgIpc) is 3.00. The number of halogens is 3. The molecule has 10 heteroatoms. The predicted molar refractivity (Wildman–Crippen MR) is 105 cm³/mol. The van der Waals surface area contributed by atoms with Crippen molar-refractivity contribution in [1.29, 1.82) is 0 Å². The lowest BCUT2D eigenvalue weighted by molar-refractivity contribution is -0.113. The Bertz CT molecular complexity index is 901. The monoisotopic (exact) mass is 505 g/mol. The maximum absolute atomic E-state index is 13.3. The molecule has 3 rings (SSSR count). The van der Waals surface area contributed by atoms with Crippen LogP contribution in [0.3, 0.4) is 0 Å². The second-order valence-electron chi connectivity index (χ2n) is 4.92. The van der Waals surface area contributed by atoms with Gasteiger partial charge in [0.15, 0.2) is 5.70 Å². The van der Waals surface area contributed by atoms with Crippen LogP contribution in [0.1, 0.15) is 4.88 Å². The van der Waals surface area contributed by atoms with E-state index in [2.05, 4.69) is 41.6 Å². The largest absolute Gasteiger partial charge is 0.566 e. The Morgan fingerprint density at radius 2 is 2.12 bits per heavy atom. The normalized spacial score (nSPS) is 17.2. The summed E-state index contributed by atoms with van der Waals surface area (Å²) in [5, 5.41) is 2.67. The summed E-state index contributed by atoms with van der Waals surface area (Å²) in [6.45, 7) is 0. The first-order valence-corrected chi connectivity index (χ1v) is 10.3. The van der Waals surface area contributed by atoms with Crippen molar-refractivity contribution < 1.29 is 13.7 Å². The SMILES string of the molecule is CN1C(C(=O)Nc2ccc(F)c(Br)c2)=CC(c2ccc(Br)s2)=N[S+]1[O-]. The first kappa shape index (κ1) is 18.6. The van der Waals surface area contributed by atoms with Gasteiger partial charge in [-0.25, -0.2) is 4.39 Å². The standard InChI is InChI=1S/C15H10Br2FN3O2S2/c1-21-12(15(22)19-8-2-3-10(18)9(16)6-8)7-11(20-25(21)23)13-4-5-14(17)24-13/h2-7H,1H3,(H,19,22). The second-order valence-corrected chi connectivity index (χ2v) is 9.43. The van der Waals surface area contributed by atoms with E-state index in [1.54, 1.807) is 6.08 Å². The van der Waals surface area contributed by atoms with Crippen molar-refractivity contribution in [3.05, 3.63) is 61.1 Å². The van der Waals surface area contributed by atoms with Crippen LogP contribution >= 0.6 is 43.2 Å². The molecule has 0 bridgehead atoms. The number of benzene rings is 1. The van der Waals surface area contributed by atoms with E-state index >= 15 is 0 Å². The molecule has 1 aromatic carbocycles. The highest BCUT2D eigenvalue weighted by atomic mass is 79.9. The van der Waals surface area contributed by atoms with Gasteiger partial charge < -0.3 is 9.87 Å². The number of rotatable bonds is 3. The lowest BCUT2D eigenvalue weighted by atomic mass is 10.2. The van der Waals surface area contributed by atoms with Gasteiger partial charge in [-0.05, 0) is 66.6 Å². The number of hydrogen-bond acceptors (Lipinski definition) is 5. The molecule has 1 unspecified atom stereocenters. The third kappa shape index (κ3) is 4.14. The fourth-order valence-electron chi connectivity index (χ4n) is 2.02. The minimum absolute atomic E-state index is 0.202. The van der Waals surface area contributed by atoms with E-state index in [1.807, 2.05) is 12.1 Å². The fourth-order valence-corrected chi connectivity index (χ4v) is 4.55. The van der Waals surface area contributed by atoms with Crippen LogP contribution in [-0.4, -0.2) is 27.5 Å². The highest BCUT2D eigenvalue weighted by molar-refractivity contribution is 9.11. The molecule has 1 N–H and O–H groups in total. The Labute approximate surface area is 167 Å². The number of carbonyl (C=O) groups excluding carboxylic acids is 1. The van der Waals surface area contributed by atoms with Crippen LogP contribution in [0.2, 0.25) is 0 Å². The molecule has 0 saturated heterocycles. The van der Waals surface area contributed by atoms with Crippen molar-refractivity contribution >= 4 is 72.1 Å². The minimum atomic E-state index is -1.71. The minimum Gasteiger partial charge on any atom is -0.566 e. The van der Waals surface area contributed by atoms with E-state index in [4.69, 9.17) is 0 Å². The fraction of sp³-hybridized carbons (Fsp3) is 0.0667. The number of likely N-dealkylation sites (N-methyl/N-ethyl adjacent to an activating group) is 1. The molecule has 0 radical (unpaired) electrons. The Morgan fingerprint density at radius 1 is 1.36 bits per heavy atom. The summed E-state index contributed by atoms with van der Waals surface area (Å²) in [7, 11) is 1.52. The molecule has 0 fully saturated rings. The van der Waals surface area contributed by atoms with E-state index in [0.717, 1.165) is 8.66 Å². The summed E-state index contributed by atoms with van der Waals surface area (Å²) in [6.07, 6.45) is 1.58. The van der Waals surface area contributed by atoms with Crippen molar-refractivity contribution in [2.75, 3.05) is 12.4 Å². The molecule has 0 spiro atoms. The lowest BCUT2D eigenvalue weighted by Gasteiger charge is -2.23. The Kier molecular flexibility index (Phi) is 5.64. The highest BCUT2D eigenvalue weighted by Gasteiger charge is 2.30. The maximum Gasteiger partial charge on any atom is 0.276 e. The van der Waals surface area contributed by atoms with Gasteiger partial charge in [-0.2, -0.15) is 4.31 Å². The van der Waals surface area contributed by atoms with Crippen LogP contribution in [0.5, 0.6) is 0 Å². The van der Waals surface area contributed by atoms with Gasteiger partial charge in [-0.1, -0.05) is 0 Å². The molecular weight excluding hydrogens is 497 g/mol. The van der Waals surface area contributed by atoms with Crippen LogP contribution in [0.25, 0.3) is 0 Å². The molecule has 1 aromatic heterocycles. The Balaban J connectivity index is 1.87. The van der Waals surface area contributed by atoms with Crippen molar-refractivity contribution in [2.45, 2.75) is 0 Å². The second kappa shape index (κ2) is 7.58. The van der Waals surface area contributed by atoms with Crippen LogP contribution in [0.4, 0.5) is 10.1 Å². The number of nitrogens with zero attached hydrogens (tertiary/aromatic N) is 2. The highest BCUT2D eigenvalue weighted by Crippen LogP contribution is 2.27. The molecule has 1 aliphatic rings. The third-order valence-corrected chi connectivity index (χ3v) is 6.53. The van der Waals surface area contributed by atoms with Gasteiger partial charge in [0.2, 0.25) is 11.5 Å². The van der Waals surface area contributed by atoms with Gasteiger partial charge in [0.05, 0.1) is 20.2 Å². The summed E-state index contributed by atoms with van der Waals surface area (Å²) in [6, 6.07) is 7.84. The van der Waals surface area contributed by atoms with Gasteiger partial charge in [0, 0.05) is 11.8 Å². The van der Waals surface area contributed by atoms with Crippen LogP contribution in [0, 0.1) is 5.82 Å². The molecule has 0 saturated carbocycles. The number of anilines is 1. The summed E-state index contributed by atoms with van der Waals surface area (Å²) < 4.78 is 32.1. The van der Waals surface area contributed by atoms with Gasteiger partial charge in [0.1, 0.15) is 11.5 Å². The molecule has 1 atom stereocenters. The van der Waals surface area contributed by atoms with E-state index in [-0.39, 0.29) is 10.2 Å². The van der Waals surface area contributed by atoms with Crippen molar-refractivity contribution in [2.24, 2.45) is 4.40 Å². The topological polar surface area (TPSA) is 67.8 Å². The maximum atomic E-state index is 13.3. The molecule has 0 aliphatic carbocycles. The average molecular weight is 507 g/mol. The quantitative estimate of drug-likeness (QED) is 0.633. The number of allylic oxidation sites excluding steroid dienone is 1. The van der Waals surface area contributed by atoms with Gasteiger partial charge >= 0.3 is 0 Å². The van der Waals surface area contributed by atoms with Crippen LogP contribution < -0.4 is 5.32 Å². The summed E-state index contributed by atoms with van der Waals surface area (Å²) in [4.78, 5) is 13.4. The number of thiophene rings is 1. The van der Waals surface area contributed by atoms with Crippen LogP contribution in [-0.2, 0) is 16.3 Å². The van der Waals surface area contributed by atoms with Gasteiger partial charge in [-0.15, -0.1) is 11.3 Å². The van der Waals surface area contributed by atoms with E-state index in [9.17, 15) is 13.7 Å². The molecule has 25 heavy (non-hydrogen) atoms. The van der Waals surface area contributed by atoms with E-state index in [0.29, 0.717) is 11.4 Å². The first-order chi connectivity index (χ1) is 11.8. The van der Waals surface area contributed by atoms with Gasteiger partial charge in [0.25, 0.3) is 5.91 Å². The zero-order valence-corrected chi connectivity index (χ0v) is 17.4. The molecule has 130 valence electrons. The third-order valence-electron chi connectivity index (χ3n) is 3.26. The lowest BCUT2D eigenvalue weighted by Crippen LogP contribution is -2.35. The van der Waals surface area contributed by atoms with Crippen molar-refractivity contribution in [3.8, 4) is 0 Å². The predicted octanol–water partition coefficient (Wildman–Crippen LogP) is 4.25. The van der Waals surface area contributed by atoms with Crippen molar-refractivity contribution in [1.82, 2.24) is 4.31 Å². The number of nitrogens with one attached hydrogen (secondary N) is 1. The Hall–Kier alpha value is -1.20. The summed E-state index contributed by atoms with van der Waals surface area (Å²) in [5.74, 6) is -0.886. The molecule has 2 heterocycles. The van der Waals surface area contributed by atoms with Gasteiger partial charge in [-0.3, -0.25) is 4.79 Å². The molecular formula is C15H10Br2FN3O2S2. The smallest absolute Gasteiger partial charge is 0.276 e. The molecule has 1 aliphatic heterocycles. The zero-order valence-electron chi connectivity index (χ0n) is 12.6. The number of hydrogen-bond donors (Lipinski definition) is 1. The molecule has 1 amide bonds. The van der Waals surface area contributed by atoms with E-state index < -0.39 is 23.3 Å². The number of carbonyl (C=O) groups is 1. The first-order valence-electron chi connectivity index (χ1n) is 6.83. The molecule has 5 nitrogen and oxygen atoms in total. The zero-order chi connectivity index (χ0) is 18.1. The van der Waals surface area contributed by atoms with E-state index in [1.165, 1.54) is 40.9 Å².